The molecule has 0 aliphatic carbocycles. The van der Waals surface area contributed by atoms with Gasteiger partial charge in [0.1, 0.15) is 0 Å². The minimum atomic E-state index is -0.707. The van der Waals surface area contributed by atoms with Crippen molar-refractivity contribution in [3.05, 3.63) is 0 Å². The first-order valence-corrected chi connectivity index (χ1v) is 4.01. The molecule has 0 heterocycles. The molecule has 0 aromatic rings. The number of carbonyl (C=O) groups excluding carboxylic acids is 1. The van der Waals surface area contributed by atoms with Gasteiger partial charge in [0, 0.05) is 0 Å². The summed E-state index contributed by atoms with van der Waals surface area (Å²) in [6.07, 6.45) is -0.292. The molecule has 0 aromatic carbocycles. The fourth-order valence-corrected chi connectivity index (χ4v) is 0.481. The Balaban J connectivity index is 3.52. The van der Waals surface area contributed by atoms with Crippen LogP contribution in [0.25, 0.3) is 0 Å². The minimum absolute atomic E-state index is 0.164. The summed E-state index contributed by atoms with van der Waals surface area (Å²) in [6.45, 7) is 5.31. The molecule has 0 N–H and O–H groups in total. The van der Waals surface area contributed by atoms with Gasteiger partial charge in [-0.1, -0.05) is 18.5 Å². The lowest BCUT2D eigenvalue weighted by molar-refractivity contribution is 0.0257. The summed E-state index contributed by atoms with van der Waals surface area (Å²) in [5.74, 6) is 0. The number of carbonyl (C=O) groups is 1. The summed E-state index contributed by atoms with van der Waals surface area (Å²) in [5, 5.41) is 0. The number of alkyl halides is 1. The average molecular weight is 181 g/mol. The Morgan fingerprint density at radius 2 is 2.00 bits per heavy atom. The zero-order valence-electron chi connectivity index (χ0n) is 6.96. The molecule has 0 aromatic heterocycles. The smallest absolute Gasteiger partial charge is 0.432 e. The summed E-state index contributed by atoms with van der Waals surface area (Å²) < 4.78 is 9.29. The van der Waals surface area contributed by atoms with Crippen molar-refractivity contribution >= 4 is 17.8 Å². The summed E-state index contributed by atoms with van der Waals surface area (Å²) in [5.41, 5.74) is -0.582. The zero-order valence-corrected chi connectivity index (χ0v) is 7.72. The molecule has 0 saturated heterocycles. The maximum absolute atomic E-state index is 10.7. The van der Waals surface area contributed by atoms with E-state index < -0.39 is 11.7 Å². The molecule has 0 radical (unpaired) electrons. The third-order valence-electron chi connectivity index (χ3n) is 0.877. The Kier molecular flexibility index (Phi) is 5.03. The molecule has 0 aliphatic heterocycles. The van der Waals surface area contributed by atoms with E-state index in [-0.39, 0.29) is 6.10 Å². The molecule has 0 saturated carbocycles. The van der Waals surface area contributed by atoms with Crippen LogP contribution in [0, 0.1) is 0 Å². The highest BCUT2D eigenvalue weighted by Gasteiger charge is 2.11. The Morgan fingerprint density at radius 1 is 1.45 bits per heavy atom. The molecule has 0 amide bonds. The summed E-state index contributed by atoms with van der Waals surface area (Å²) in [6, 6.07) is 0. The molecule has 0 fully saturated rings. The van der Waals surface area contributed by atoms with Crippen molar-refractivity contribution < 1.29 is 14.3 Å². The van der Waals surface area contributed by atoms with Gasteiger partial charge in [-0.05, 0) is 20.3 Å². The fourth-order valence-electron chi connectivity index (χ4n) is 0.408. The van der Waals surface area contributed by atoms with E-state index in [1.807, 2.05) is 6.92 Å². The van der Waals surface area contributed by atoms with Crippen molar-refractivity contribution in [3.63, 3.8) is 0 Å². The molecule has 0 aliphatic rings. The van der Waals surface area contributed by atoms with Crippen LogP contribution in [-0.4, -0.2) is 17.8 Å². The van der Waals surface area contributed by atoms with Crippen LogP contribution >= 0.6 is 11.6 Å². The molecule has 0 bridgehead atoms. The Hall–Kier alpha value is -0.440. The topological polar surface area (TPSA) is 35.5 Å². The van der Waals surface area contributed by atoms with Crippen molar-refractivity contribution in [2.45, 2.75) is 38.9 Å². The predicted octanol–water partition coefficient (Wildman–Crippen LogP) is 2.52. The van der Waals surface area contributed by atoms with Crippen molar-refractivity contribution in [2.75, 3.05) is 0 Å². The van der Waals surface area contributed by atoms with Gasteiger partial charge in [-0.15, -0.1) is 0 Å². The van der Waals surface area contributed by atoms with Gasteiger partial charge in [0.15, 0.2) is 5.56 Å². The molecular formula is C7H13ClO3. The number of ether oxygens (including phenoxy) is 2. The number of hydrogen-bond acceptors (Lipinski definition) is 3. The van der Waals surface area contributed by atoms with E-state index in [0.29, 0.717) is 6.42 Å². The van der Waals surface area contributed by atoms with Gasteiger partial charge in [0.05, 0.1) is 6.10 Å². The number of rotatable bonds is 3. The molecule has 1 unspecified atom stereocenters. The standard InChI is InChI=1S/C7H13ClO3/c1-4-6(8)11-7(9)10-5(2)3/h5-6H,4H2,1-3H3. The summed E-state index contributed by atoms with van der Waals surface area (Å²) in [7, 11) is 0. The maximum atomic E-state index is 10.7. The number of halogens is 1. The lowest BCUT2D eigenvalue weighted by atomic mass is 10.5. The van der Waals surface area contributed by atoms with Gasteiger partial charge in [0.25, 0.3) is 0 Å². The lowest BCUT2D eigenvalue weighted by Gasteiger charge is -2.10. The second-order valence-corrected chi connectivity index (χ2v) is 2.84. The van der Waals surface area contributed by atoms with Gasteiger partial charge >= 0.3 is 6.16 Å². The highest BCUT2D eigenvalue weighted by molar-refractivity contribution is 6.20. The van der Waals surface area contributed by atoms with Gasteiger partial charge in [-0.2, -0.15) is 0 Å². The van der Waals surface area contributed by atoms with E-state index in [9.17, 15) is 4.79 Å². The van der Waals surface area contributed by atoms with Crippen LogP contribution in [0.4, 0.5) is 4.79 Å². The van der Waals surface area contributed by atoms with E-state index in [0.717, 1.165) is 0 Å². The van der Waals surface area contributed by atoms with Crippen molar-refractivity contribution in [2.24, 2.45) is 0 Å². The average Bonchev–Trinajstić information content (AvgIpc) is 1.85. The summed E-state index contributed by atoms with van der Waals surface area (Å²) in [4.78, 5) is 10.7. The largest absolute Gasteiger partial charge is 0.510 e. The van der Waals surface area contributed by atoms with Gasteiger partial charge < -0.3 is 9.47 Å². The second kappa shape index (κ2) is 5.24. The Labute approximate surface area is 71.6 Å². The lowest BCUT2D eigenvalue weighted by Crippen LogP contribution is -2.16. The van der Waals surface area contributed by atoms with E-state index in [4.69, 9.17) is 11.6 Å². The van der Waals surface area contributed by atoms with Crippen LogP contribution < -0.4 is 0 Å². The maximum Gasteiger partial charge on any atom is 0.510 e. The van der Waals surface area contributed by atoms with Crippen LogP contribution in [0.5, 0.6) is 0 Å². The first kappa shape index (κ1) is 10.6. The van der Waals surface area contributed by atoms with Gasteiger partial charge in [-0.25, -0.2) is 4.79 Å². The van der Waals surface area contributed by atoms with Crippen LogP contribution in [0.1, 0.15) is 27.2 Å². The van der Waals surface area contributed by atoms with E-state index in [1.54, 1.807) is 13.8 Å². The predicted molar refractivity (Wildman–Crippen MR) is 42.6 cm³/mol. The van der Waals surface area contributed by atoms with Crippen LogP contribution in [0.3, 0.4) is 0 Å². The number of hydrogen-bond donors (Lipinski definition) is 0. The van der Waals surface area contributed by atoms with E-state index >= 15 is 0 Å². The quantitative estimate of drug-likeness (QED) is 0.495. The molecule has 11 heavy (non-hydrogen) atoms. The molecule has 66 valence electrons. The van der Waals surface area contributed by atoms with Crippen LogP contribution in [-0.2, 0) is 9.47 Å². The Bertz CT molecular complexity index is 125. The van der Waals surface area contributed by atoms with Gasteiger partial charge in [-0.3, -0.25) is 0 Å². The third-order valence-corrected chi connectivity index (χ3v) is 1.27. The molecular weight excluding hydrogens is 168 g/mol. The van der Waals surface area contributed by atoms with Crippen LogP contribution in [0.15, 0.2) is 0 Å². The fraction of sp³-hybridized carbons (Fsp3) is 0.857. The minimum Gasteiger partial charge on any atom is -0.432 e. The first-order chi connectivity index (χ1) is 5.06. The van der Waals surface area contributed by atoms with E-state index in [2.05, 4.69) is 9.47 Å². The molecule has 0 rings (SSSR count). The molecule has 4 heteroatoms. The van der Waals surface area contributed by atoms with Crippen molar-refractivity contribution in [1.29, 1.82) is 0 Å². The highest BCUT2D eigenvalue weighted by Crippen LogP contribution is 2.05. The highest BCUT2D eigenvalue weighted by atomic mass is 35.5. The van der Waals surface area contributed by atoms with Crippen molar-refractivity contribution in [3.8, 4) is 0 Å². The first-order valence-electron chi connectivity index (χ1n) is 3.57. The van der Waals surface area contributed by atoms with Crippen LogP contribution in [0.2, 0.25) is 0 Å². The normalized spacial score (nSPS) is 12.8. The van der Waals surface area contributed by atoms with Gasteiger partial charge in [0.2, 0.25) is 0 Å². The van der Waals surface area contributed by atoms with Crippen molar-refractivity contribution in [1.82, 2.24) is 0 Å². The zero-order chi connectivity index (χ0) is 8.85. The monoisotopic (exact) mass is 180 g/mol. The second-order valence-electron chi connectivity index (χ2n) is 2.35. The molecule has 0 spiro atoms. The van der Waals surface area contributed by atoms with E-state index in [1.165, 1.54) is 0 Å². The SMILES string of the molecule is CCC(Cl)OC(=O)OC(C)C. The summed E-state index contributed by atoms with van der Waals surface area (Å²) >= 11 is 5.52. The molecule has 3 nitrogen and oxygen atoms in total. The molecule has 1 atom stereocenters. The Morgan fingerprint density at radius 3 is 2.36 bits per heavy atom. The third kappa shape index (κ3) is 5.98.